The van der Waals surface area contributed by atoms with Crippen LogP contribution in [0.4, 0.5) is 0 Å². The third-order valence-electron chi connectivity index (χ3n) is 1.01. The van der Waals surface area contributed by atoms with Gasteiger partial charge in [-0.05, 0) is 12.1 Å². The maximum absolute atomic E-state index is 8.22. The van der Waals surface area contributed by atoms with E-state index in [0.717, 1.165) is 6.26 Å². The quantitative estimate of drug-likeness (QED) is 0.631. The second kappa shape index (κ2) is 3.56. The molecule has 0 saturated carbocycles. The molecule has 0 aliphatic rings. The molecule has 0 fully saturated rings. The van der Waals surface area contributed by atoms with Crippen molar-refractivity contribution >= 4 is 0 Å². The molecule has 2 heteroatoms. The fraction of sp³-hybridized carbons (Fsp3) is 0. The van der Waals surface area contributed by atoms with Gasteiger partial charge in [-0.2, -0.15) is 0 Å². The lowest BCUT2D eigenvalue weighted by molar-refractivity contribution is 0.414. The van der Waals surface area contributed by atoms with Crippen LogP contribution in [0.2, 0.25) is 0 Å². The molecule has 1 rings (SSSR count). The first-order valence-electron chi connectivity index (χ1n) is 2.94. The van der Waals surface area contributed by atoms with Crippen molar-refractivity contribution in [3.05, 3.63) is 42.9 Å². The van der Waals surface area contributed by atoms with Crippen molar-refractivity contribution < 1.29 is 9.84 Å². The van der Waals surface area contributed by atoms with Crippen LogP contribution < -0.4 is 4.74 Å². The van der Waals surface area contributed by atoms with Gasteiger partial charge >= 0.3 is 0 Å². The average molecular weight is 136 g/mol. The summed E-state index contributed by atoms with van der Waals surface area (Å²) in [7, 11) is 0. The van der Waals surface area contributed by atoms with Crippen molar-refractivity contribution in [2.45, 2.75) is 0 Å². The molecule has 0 aliphatic carbocycles. The second-order valence-corrected chi connectivity index (χ2v) is 1.72. The first-order valence-corrected chi connectivity index (χ1v) is 2.94. The fourth-order valence-electron chi connectivity index (χ4n) is 0.608. The summed E-state index contributed by atoms with van der Waals surface area (Å²) in [5, 5.41) is 8.22. The van der Waals surface area contributed by atoms with Crippen LogP contribution >= 0.6 is 0 Å². The van der Waals surface area contributed by atoms with E-state index in [1.54, 1.807) is 12.1 Å². The number of benzene rings is 1. The molecule has 0 bridgehead atoms. The first kappa shape index (κ1) is 6.68. The molecule has 0 unspecified atom stereocenters. The minimum absolute atomic E-state index is 0.716. The molecule has 0 heterocycles. The summed E-state index contributed by atoms with van der Waals surface area (Å²) >= 11 is 0. The summed E-state index contributed by atoms with van der Waals surface area (Å²) in [5.74, 6) is 0.716. The third-order valence-corrected chi connectivity index (χ3v) is 1.01. The normalized spacial score (nSPS) is 10.0. The number of hydrogen-bond donors (Lipinski definition) is 1. The van der Waals surface area contributed by atoms with Gasteiger partial charge in [-0.15, -0.1) is 0 Å². The number of hydrogen-bond acceptors (Lipinski definition) is 2. The van der Waals surface area contributed by atoms with Gasteiger partial charge in [0.15, 0.2) is 0 Å². The fourth-order valence-corrected chi connectivity index (χ4v) is 0.608. The smallest absolute Gasteiger partial charge is 0.126 e. The molecule has 0 radical (unpaired) electrons. The Kier molecular flexibility index (Phi) is 2.38. The minimum atomic E-state index is 0.716. The first-order chi connectivity index (χ1) is 4.93. The lowest BCUT2D eigenvalue weighted by Gasteiger charge is -1.95. The second-order valence-electron chi connectivity index (χ2n) is 1.72. The molecule has 1 aromatic carbocycles. The topological polar surface area (TPSA) is 29.5 Å². The zero-order valence-corrected chi connectivity index (χ0v) is 5.40. The van der Waals surface area contributed by atoms with Crippen molar-refractivity contribution in [1.82, 2.24) is 0 Å². The zero-order valence-electron chi connectivity index (χ0n) is 5.40. The minimum Gasteiger partial charge on any atom is -0.512 e. The summed E-state index contributed by atoms with van der Waals surface area (Å²) in [6, 6.07) is 9.23. The number of rotatable bonds is 2. The highest BCUT2D eigenvalue weighted by Crippen LogP contribution is 2.07. The van der Waals surface area contributed by atoms with E-state index in [-0.39, 0.29) is 0 Å². The Bertz CT molecular complexity index is 204. The summed E-state index contributed by atoms with van der Waals surface area (Å²) in [6.45, 7) is 0. The summed E-state index contributed by atoms with van der Waals surface area (Å²) in [5.41, 5.74) is 0. The number of ether oxygens (including phenoxy) is 1. The van der Waals surface area contributed by atoms with Crippen molar-refractivity contribution in [3.8, 4) is 5.75 Å². The number of aliphatic hydroxyl groups excluding tert-OH is 1. The molecule has 1 aromatic rings. The highest BCUT2D eigenvalue weighted by Gasteiger charge is 1.83. The Morgan fingerprint density at radius 1 is 1.20 bits per heavy atom. The van der Waals surface area contributed by atoms with Crippen molar-refractivity contribution in [2.24, 2.45) is 0 Å². The summed E-state index contributed by atoms with van der Waals surface area (Å²) in [4.78, 5) is 0. The average Bonchev–Trinajstić information content (AvgIpc) is 2.03. The molecule has 1 N–H and O–H groups in total. The van der Waals surface area contributed by atoms with E-state index in [4.69, 9.17) is 9.84 Å². The van der Waals surface area contributed by atoms with E-state index in [0.29, 0.717) is 5.75 Å². The zero-order chi connectivity index (χ0) is 7.23. The van der Waals surface area contributed by atoms with Crippen LogP contribution in [0.1, 0.15) is 0 Å². The van der Waals surface area contributed by atoms with Crippen LogP contribution in [0.5, 0.6) is 5.75 Å². The Morgan fingerprint density at radius 2 is 1.90 bits per heavy atom. The van der Waals surface area contributed by atoms with Gasteiger partial charge in [0, 0.05) is 0 Å². The Morgan fingerprint density at radius 3 is 2.50 bits per heavy atom. The lowest BCUT2D eigenvalue weighted by atomic mass is 10.3. The largest absolute Gasteiger partial charge is 0.512 e. The third kappa shape index (κ3) is 1.82. The summed E-state index contributed by atoms with van der Waals surface area (Å²) in [6.07, 6.45) is 2.07. The van der Waals surface area contributed by atoms with Crippen LogP contribution in [0.25, 0.3) is 0 Å². The van der Waals surface area contributed by atoms with Crippen molar-refractivity contribution in [3.63, 3.8) is 0 Å². The predicted molar refractivity (Wildman–Crippen MR) is 38.8 cm³/mol. The van der Waals surface area contributed by atoms with Gasteiger partial charge in [-0.1, -0.05) is 18.2 Å². The van der Waals surface area contributed by atoms with Gasteiger partial charge in [0.1, 0.15) is 18.3 Å². The van der Waals surface area contributed by atoms with Gasteiger partial charge in [0.25, 0.3) is 0 Å². The van der Waals surface area contributed by atoms with E-state index in [1.807, 2.05) is 18.2 Å². The molecule has 10 heavy (non-hydrogen) atoms. The maximum Gasteiger partial charge on any atom is 0.126 e. The Hall–Kier alpha value is -1.44. The van der Waals surface area contributed by atoms with Crippen LogP contribution in [-0.4, -0.2) is 5.11 Å². The molecular formula is C8H8O2. The van der Waals surface area contributed by atoms with Crippen LogP contribution in [0, 0.1) is 0 Å². The van der Waals surface area contributed by atoms with Gasteiger partial charge < -0.3 is 9.84 Å². The molecule has 0 spiro atoms. The van der Waals surface area contributed by atoms with E-state index >= 15 is 0 Å². The maximum atomic E-state index is 8.22. The van der Waals surface area contributed by atoms with Crippen LogP contribution in [-0.2, 0) is 0 Å². The molecule has 52 valence electrons. The van der Waals surface area contributed by atoms with Gasteiger partial charge in [0.05, 0.1) is 0 Å². The van der Waals surface area contributed by atoms with Gasteiger partial charge in [-0.25, -0.2) is 0 Å². The molecule has 0 amide bonds. The van der Waals surface area contributed by atoms with E-state index < -0.39 is 0 Å². The molecule has 0 saturated heterocycles. The highest BCUT2D eigenvalue weighted by molar-refractivity contribution is 5.21. The monoisotopic (exact) mass is 136 g/mol. The van der Waals surface area contributed by atoms with Crippen molar-refractivity contribution in [2.75, 3.05) is 0 Å². The Labute approximate surface area is 59.4 Å². The van der Waals surface area contributed by atoms with Gasteiger partial charge in [0.2, 0.25) is 0 Å². The van der Waals surface area contributed by atoms with E-state index in [1.165, 1.54) is 6.26 Å². The molecule has 2 nitrogen and oxygen atoms in total. The highest BCUT2D eigenvalue weighted by atomic mass is 16.5. The summed E-state index contributed by atoms with van der Waals surface area (Å²) < 4.78 is 4.92. The standard InChI is InChI=1S/C8H8O2/c9-6-7-10-8-4-2-1-3-5-8/h1-7,9H/b7-6+. The van der Waals surface area contributed by atoms with Crippen LogP contribution in [0.15, 0.2) is 42.9 Å². The van der Waals surface area contributed by atoms with Crippen LogP contribution in [0.3, 0.4) is 0 Å². The SMILES string of the molecule is O/C=C/Oc1ccccc1. The lowest BCUT2D eigenvalue weighted by Crippen LogP contribution is -1.79. The molecule has 0 atom stereocenters. The molecule has 0 aliphatic heterocycles. The van der Waals surface area contributed by atoms with E-state index in [9.17, 15) is 0 Å². The van der Waals surface area contributed by atoms with Gasteiger partial charge in [-0.3, -0.25) is 0 Å². The molecule has 0 aromatic heterocycles. The number of aliphatic hydroxyl groups is 1. The van der Waals surface area contributed by atoms with E-state index in [2.05, 4.69) is 0 Å². The number of para-hydroxylation sites is 1. The predicted octanol–water partition coefficient (Wildman–Crippen LogP) is 2.09. The Balaban J connectivity index is 2.59. The molecular weight excluding hydrogens is 128 g/mol. The van der Waals surface area contributed by atoms with Crippen molar-refractivity contribution in [1.29, 1.82) is 0 Å².